The third kappa shape index (κ3) is 4.43. The van der Waals surface area contributed by atoms with Gasteiger partial charge in [-0.2, -0.15) is 8.78 Å². The second-order valence-electron chi connectivity index (χ2n) is 4.80. The molecule has 0 aromatic heterocycles. The van der Waals surface area contributed by atoms with Crippen molar-refractivity contribution < 1.29 is 31.0 Å². The number of hydrogen-bond donors (Lipinski definition) is 0. The van der Waals surface area contributed by atoms with Crippen LogP contribution in [0.5, 0.6) is 5.75 Å². The molecular weight excluding hydrogens is 374 g/mol. The van der Waals surface area contributed by atoms with Crippen LogP contribution in [-0.2, 0) is 4.57 Å². The highest BCUT2D eigenvalue weighted by atomic mass is 31.1. The fourth-order valence-electron chi connectivity index (χ4n) is 1.96. The molecule has 0 bridgehead atoms. The highest BCUT2D eigenvalue weighted by Crippen LogP contribution is 2.30. The van der Waals surface area contributed by atoms with Gasteiger partial charge in [0.1, 0.15) is 0 Å². The maximum atomic E-state index is 12.6. The number of rotatable bonds is 3. The van der Waals surface area contributed by atoms with Crippen LogP contribution in [0, 0.1) is 29.1 Å². The van der Waals surface area contributed by atoms with Crippen LogP contribution in [0.1, 0.15) is 0 Å². The molecule has 134 valence electrons. The molecule has 0 unspecified atom stereocenters. The quantitative estimate of drug-likeness (QED) is 0.229. The summed E-state index contributed by atoms with van der Waals surface area (Å²) in [5.41, 5.74) is 2.55. The van der Waals surface area contributed by atoms with Gasteiger partial charge >= 0.3 is 8.69 Å². The molecule has 0 radical (unpaired) electrons. The molecule has 26 heavy (non-hydrogen) atoms. The van der Waals surface area contributed by atoms with Crippen molar-refractivity contribution in [3.8, 4) is 16.9 Å². The summed E-state index contributed by atoms with van der Waals surface area (Å²) in [5, 5.41) is 0. The average molecular weight is 384 g/mol. The Bertz CT molecular complexity index is 823. The zero-order chi connectivity index (χ0) is 19.1. The van der Waals surface area contributed by atoms with Crippen LogP contribution in [0.2, 0.25) is 0 Å². The maximum absolute atomic E-state index is 12.6. The van der Waals surface area contributed by atoms with Crippen LogP contribution in [0.4, 0.5) is 22.0 Å². The lowest BCUT2D eigenvalue weighted by Crippen LogP contribution is -2.02. The zero-order valence-corrected chi connectivity index (χ0v) is 13.8. The topological polar surface area (TPSA) is 26.3 Å². The predicted octanol–water partition coefficient (Wildman–Crippen LogP) is 6.32. The summed E-state index contributed by atoms with van der Waals surface area (Å²) in [6.45, 7) is 0. The Morgan fingerprint density at radius 3 is 1.27 bits per heavy atom. The molecule has 3 aromatic carbocycles. The van der Waals surface area contributed by atoms with Crippen LogP contribution in [0.3, 0.4) is 0 Å². The van der Waals surface area contributed by atoms with Crippen molar-refractivity contribution >= 4 is 8.69 Å². The maximum Gasteiger partial charge on any atom is 0.396 e. The third-order valence-corrected chi connectivity index (χ3v) is 3.44. The molecule has 0 aliphatic heterocycles. The van der Waals surface area contributed by atoms with Gasteiger partial charge in [0.15, 0.2) is 0 Å². The van der Waals surface area contributed by atoms with Gasteiger partial charge in [0.05, 0.1) is 0 Å². The molecule has 3 rings (SSSR count). The summed E-state index contributed by atoms with van der Waals surface area (Å²) in [6.07, 6.45) is 0. The predicted molar refractivity (Wildman–Crippen MR) is 86.3 cm³/mol. The highest BCUT2D eigenvalue weighted by Gasteiger charge is 2.27. The van der Waals surface area contributed by atoms with Crippen molar-refractivity contribution in [1.29, 1.82) is 0 Å². The molecular formula is C18H10F5O2P. The molecule has 0 atom stereocenters. The van der Waals surface area contributed by atoms with Crippen molar-refractivity contribution in [3.63, 3.8) is 0 Å². The third-order valence-electron chi connectivity index (χ3n) is 3.18. The number of halogens is 5. The van der Waals surface area contributed by atoms with Crippen LogP contribution in [-0.4, -0.2) is 0 Å². The van der Waals surface area contributed by atoms with Gasteiger partial charge < -0.3 is 4.52 Å². The lowest BCUT2D eigenvalue weighted by molar-refractivity contribution is 0.351. The average Bonchev–Trinajstić information content (AvgIpc) is 2.70. The van der Waals surface area contributed by atoms with E-state index in [4.69, 9.17) is 0 Å². The van der Waals surface area contributed by atoms with E-state index >= 15 is 0 Å². The first-order valence-corrected chi connectivity index (χ1v) is 7.82. The van der Waals surface area contributed by atoms with E-state index in [1.165, 1.54) is 11.1 Å². The lowest BCUT2D eigenvalue weighted by Gasteiger charge is -2.03. The van der Waals surface area contributed by atoms with Crippen molar-refractivity contribution in [2.45, 2.75) is 0 Å². The summed E-state index contributed by atoms with van der Waals surface area (Å²) in [6, 6.07) is 20.8. The van der Waals surface area contributed by atoms with E-state index in [-0.39, 0.29) is 0 Å². The minimum absolute atomic E-state index is 1.22. The van der Waals surface area contributed by atoms with Gasteiger partial charge in [-0.15, -0.1) is 0 Å². The van der Waals surface area contributed by atoms with E-state index < -0.39 is 43.5 Å². The Labute approximate surface area is 147 Å². The second kappa shape index (κ2) is 9.06. The van der Waals surface area contributed by atoms with Gasteiger partial charge in [0.2, 0.25) is 34.8 Å². The van der Waals surface area contributed by atoms with Crippen molar-refractivity contribution in [1.82, 2.24) is 0 Å². The summed E-state index contributed by atoms with van der Waals surface area (Å²) < 4.78 is 75.8. The van der Waals surface area contributed by atoms with Crippen LogP contribution in [0.25, 0.3) is 11.1 Å². The Kier molecular flexibility index (Phi) is 6.81. The molecule has 0 saturated carbocycles. The molecule has 0 aliphatic rings. The first-order chi connectivity index (χ1) is 12.5. The molecule has 0 saturated heterocycles. The summed E-state index contributed by atoms with van der Waals surface area (Å²) >= 11 is 0. The van der Waals surface area contributed by atoms with E-state index in [2.05, 4.69) is 53.1 Å². The van der Waals surface area contributed by atoms with Crippen LogP contribution >= 0.6 is 8.69 Å². The van der Waals surface area contributed by atoms with E-state index in [0.717, 1.165) is 0 Å². The molecule has 0 heterocycles. The normalized spacial score (nSPS) is 10.2. The van der Waals surface area contributed by atoms with Crippen molar-refractivity contribution in [3.05, 3.63) is 89.7 Å². The minimum Gasteiger partial charge on any atom is -0.401 e. The molecule has 8 heteroatoms. The molecule has 0 fully saturated rings. The molecule has 3 aromatic rings. The van der Waals surface area contributed by atoms with Gasteiger partial charge in [-0.05, 0) is 11.1 Å². The molecule has 0 spiro atoms. The molecule has 2 nitrogen and oxygen atoms in total. The van der Waals surface area contributed by atoms with Crippen molar-refractivity contribution in [2.75, 3.05) is 0 Å². The number of benzene rings is 3. The highest BCUT2D eigenvalue weighted by molar-refractivity contribution is 7.17. The summed E-state index contributed by atoms with van der Waals surface area (Å²) in [7, 11) is -1.22. The fraction of sp³-hybridized carbons (Fsp3) is 0. The zero-order valence-electron chi connectivity index (χ0n) is 12.9. The second-order valence-corrected chi connectivity index (χ2v) is 5.13. The monoisotopic (exact) mass is 384 g/mol. The van der Waals surface area contributed by atoms with Gasteiger partial charge in [-0.3, -0.25) is 0 Å². The standard InChI is InChI=1S/C12H10.C6F5O2P/c1-3-7-11(8-4-1)12-9-5-2-6-10-12;7-1-2(8)4(10)6(13-14-12)5(11)3(1)9/h1-10H;. The van der Waals surface area contributed by atoms with E-state index in [0.29, 0.717) is 0 Å². The lowest BCUT2D eigenvalue weighted by atomic mass is 10.1. The number of hydrogen-bond acceptors (Lipinski definition) is 2. The Balaban J connectivity index is 0.000000189. The van der Waals surface area contributed by atoms with Gasteiger partial charge in [0, 0.05) is 0 Å². The van der Waals surface area contributed by atoms with E-state index in [1.807, 2.05) is 12.1 Å². The first-order valence-electron chi connectivity index (χ1n) is 7.09. The molecule has 0 amide bonds. The fourth-order valence-corrected chi connectivity index (χ4v) is 2.20. The largest absolute Gasteiger partial charge is 0.401 e. The Morgan fingerprint density at radius 1 is 0.577 bits per heavy atom. The van der Waals surface area contributed by atoms with Crippen molar-refractivity contribution in [2.24, 2.45) is 0 Å². The van der Waals surface area contributed by atoms with Crippen LogP contribution in [0.15, 0.2) is 60.7 Å². The van der Waals surface area contributed by atoms with Crippen LogP contribution < -0.4 is 4.52 Å². The summed E-state index contributed by atoms with van der Waals surface area (Å²) in [5.74, 6) is -12.5. The minimum atomic E-state index is -2.30. The van der Waals surface area contributed by atoms with Gasteiger partial charge in [-0.1, -0.05) is 60.7 Å². The van der Waals surface area contributed by atoms with Gasteiger partial charge in [-0.25, -0.2) is 17.7 Å². The van der Waals surface area contributed by atoms with E-state index in [1.54, 1.807) is 0 Å². The Hall–Kier alpha value is -2.79. The van der Waals surface area contributed by atoms with Gasteiger partial charge in [0.25, 0.3) is 0 Å². The SMILES string of the molecule is O=POc1c(F)c(F)c(F)c(F)c1F.c1ccc(-c2ccccc2)cc1. The van der Waals surface area contributed by atoms with E-state index in [9.17, 15) is 26.5 Å². The Morgan fingerprint density at radius 2 is 0.923 bits per heavy atom. The smallest absolute Gasteiger partial charge is 0.396 e. The molecule has 0 N–H and O–H groups in total. The summed E-state index contributed by atoms with van der Waals surface area (Å²) in [4.78, 5) is 0. The molecule has 0 aliphatic carbocycles. The first kappa shape index (κ1) is 19.5.